The third-order valence-electron chi connectivity index (χ3n) is 3.42. The zero-order chi connectivity index (χ0) is 19.2. The van der Waals surface area contributed by atoms with Gasteiger partial charge < -0.3 is 5.32 Å². The fraction of sp³-hybridized carbons (Fsp3) is 0.176. The molecule has 2 rings (SSSR count). The van der Waals surface area contributed by atoms with E-state index in [9.17, 15) is 13.2 Å². The molecule has 0 saturated heterocycles. The van der Waals surface area contributed by atoms with Gasteiger partial charge in [0.15, 0.2) is 14.9 Å². The van der Waals surface area contributed by atoms with E-state index in [1.54, 1.807) is 36.4 Å². The Morgan fingerprint density at radius 2 is 1.73 bits per heavy atom. The number of anilines is 1. The Morgan fingerprint density at radius 1 is 1.08 bits per heavy atom. The van der Waals surface area contributed by atoms with E-state index in [1.165, 1.54) is 12.1 Å². The number of aryl methyl sites for hydroxylation is 1. The van der Waals surface area contributed by atoms with Gasteiger partial charge in [0, 0.05) is 6.42 Å². The van der Waals surface area contributed by atoms with Crippen molar-refractivity contribution in [3.63, 3.8) is 0 Å². The number of sulfone groups is 1. The molecular formula is C17H18ClN3O3S2. The van der Waals surface area contributed by atoms with Crippen LogP contribution in [0, 0.1) is 6.92 Å². The highest BCUT2D eigenvalue weighted by Crippen LogP contribution is 2.20. The van der Waals surface area contributed by atoms with Crippen molar-refractivity contribution in [3.05, 3.63) is 59.1 Å². The molecule has 2 aromatic rings. The molecular weight excluding hydrogens is 394 g/mol. The second-order valence-electron chi connectivity index (χ2n) is 5.49. The quantitative estimate of drug-likeness (QED) is 0.518. The number of benzene rings is 2. The minimum absolute atomic E-state index is 0.132. The second kappa shape index (κ2) is 8.98. The molecule has 0 saturated carbocycles. The Hall–Kier alpha value is -2.16. The van der Waals surface area contributed by atoms with Crippen molar-refractivity contribution in [3.8, 4) is 0 Å². The van der Waals surface area contributed by atoms with Crippen molar-refractivity contribution >= 4 is 50.4 Å². The first-order valence-corrected chi connectivity index (χ1v) is 10.1. The average molecular weight is 412 g/mol. The molecule has 1 amide bonds. The fourth-order valence-corrected chi connectivity index (χ4v) is 3.58. The minimum atomic E-state index is -3.52. The number of nitrogens with one attached hydrogen (secondary N) is 3. The summed E-state index contributed by atoms with van der Waals surface area (Å²) in [4.78, 5) is 12.0. The third kappa shape index (κ3) is 5.98. The van der Waals surface area contributed by atoms with E-state index in [0.717, 1.165) is 5.56 Å². The molecule has 0 bridgehead atoms. The average Bonchev–Trinajstić information content (AvgIpc) is 2.60. The molecule has 0 unspecified atom stereocenters. The zero-order valence-corrected chi connectivity index (χ0v) is 16.3. The van der Waals surface area contributed by atoms with Gasteiger partial charge in [0.25, 0.3) is 0 Å². The van der Waals surface area contributed by atoms with Crippen molar-refractivity contribution in [2.45, 2.75) is 18.2 Å². The van der Waals surface area contributed by atoms with E-state index in [-0.39, 0.29) is 22.2 Å². The summed E-state index contributed by atoms with van der Waals surface area (Å²) in [5, 5.41) is 3.44. The van der Waals surface area contributed by atoms with Crippen molar-refractivity contribution < 1.29 is 13.2 Å². The summed E-state index contributed by atoms with van der Waals surface area (Å²) in [5.41, 5.74) is 6.41. The number of hydrazine groups is 1. The van der Waals surface area contributed by atoms with Crippen LogP contribution in [0.25, 0.3) is 0 Å². The normalized spacial score (nSPS) is 10.8. The number of carbonyl (C=O) groups excluding carboxylic acids is 1. The Morgan fingerprint density at radius 3 is 2.38 bits per heavy atom. The smallest absolute Gasteiger partial charge is 0.239 e. The molecule has 6 nitrogen and oxygen atoms in total. The number of halogens is 1. The van der Waals surface area contributed by atoms with E-state index in [2.05, 4.69) is 16.2 Å². The molecule has 0 heterocycles. The number of para-hydroxylation sites is 1. The lowest BCUT2D eigenvalue weighted by atomic mass is 10.2. The fourth-order valence-electron chi connectivity index (χ4n) is 2.00. The zero-order valence-electron chi connectivity index (χ0n) is 14.0. The van der Waals surface area contributed by atoms with E-state index < -0.39 is 15.7 Å². The molecule has 0 spiro atoms. The van der Waals surface area contributed by atoms with Crippen LogP contribution in [0.1, 0.15) is 12.0 Å². The molecule has 0 aliphatic rings. The maximum absolute atomic E-state index is 12.2. The molecule has 138 valence electrons. The number of rotatable bonds is 5. The van der Waals surface area contributed by atoms with Crippen LogP contribution in [0.3, 0.4) is 0 Å². The van der Waals surface area contributed by atoms with Crippen LogP contribution in [0.4, 0.5) is 5.69 Å². The lowest BCUT2D eigenvalue weighted by Gasteiger charge is -2.12. The first-order valence-electron chi connectivity index (χ1n) is 7.68. The summed E-state index contributed by atoms with van der Waals surface area (Å²) in [6.07, 6.45) is -0.197. The topological polar surface area (TPSA) is 87.3 Å². The molecule has 0 aliphatic carbocycles. The van der Waals surface area contributed by atoms with Crippen LogP contribution in [0.2, 0.25) is 5.02 Å². The Bertz CT molecular complexity index is 900. The number of thiocarbonyl (C=S) groups is 1. The SMILES string of the molecule is Cc1ccc(S(=O)(=O)CCC(=O)NNC(=S)Nc2ccccc2Cl)cc1. The number of hydrogen-bond acceptors (Lipinski definition) is 4. The highest BCUT2D eigenvalue weighted by atomic mass is 35.5. The van der Waals surface area contributed by atoms with E-state index >= 15 is 0 Å². The van der Waals surface area contributed by atoms with Gasteiger partial charge in [-0.25, -0.2) is 8.42 Å². The number of hydrogen-bond donors (Lipinski definition) is 3. The van der Waals surface area contributed by atoms with E-state index in [4.69, 9.17) is 23.8 Å². The maximum atomic E-state index is 12.2. The van der Waals surface area contributed by atoms with Crippen LogP contribution in [-0.2, 0) is 14.6 Å². The van der Waals surface area contributed by atoms with Crippen LogP contribution in [0.15, 0.2) is 53.4 Å². The van der Waals surface area contributed by atoms with Crippen LogP contribution < -0.4 is 16.2 Å². The molecule has 26 heavy (non-hydrogen) atoms. The van der Waals surface area contributed by atoms with Gasteiger partial charge in [0.1, 0.15) is 0 Å². The van der Waals surface area contributed by atoms with E-state index in [1.807, 2.05) is 6.92 Å². The second-order valence-corrected chi connectivity index (χ2v) is 8.41. The molecule has 0 fully saturated rings. The maximum Gasteiger partial charge on any atom is 0.239 e. The van der Waals surface area contributed by atoms with E-state index in [0.29, 0.717) is 10.7 Å². The molecule has 9 heteroatoms. The predicted octanol–water partition coefficient (Wildman–Crippen LogP) is 2.83. The van der Waals surface area contributed by atoms with Gasteiger partial charge in [-0.15, -0.1) is 0 Å². The standard InChI is InChI=1S/C17H18ClN3O3S2/c1-12-6-8-13(9-7-12)26(23,24)11-10-16(22)20-21-17(25)19-15-5-3-2-4-14(15)18/h2-9H,10-11H2,1H3,(H,20,22)(H2,19,21,25). The summed E-state index contributed by atoms with van der Waals surface area (Å²) in [6.45, 7) is 1.87. The summed E-state index contributed by atoms with van der Waals surface area (Å²) in [5.74, 6) is -0.794. The number of carbonyl (C=O) groups is 1. The van der Waals surface area contributed by atoms with Gasteiger partial charge in [-0.2, -0.15) is 0 Å². The van der Waals surface area contributed by atoms with Crippen molar-refractivity contribution in [2.24, 2.45) is 0 Å². The van der Waals surface area contributed by atoms with Crippen LogP contribution in [0.5, 0.6) is 0 Å². The summed E-state index contributed by atoms with van der Waals surface area (Å²) < 4.78 is 24.4. The molecule has 0 aliphatic heterocycles. The first kappa shape index (κ1) is 20.2. The van der Waals surface area contributed by atoms with Gasteiger partial charge >= 0.3 is 0 Å². The summed E-state index contributed by atoms with van der Waals surface area (Å²) in [7, 11) is -3.52. The lowest BCUT2D eigenvalue weighted by Crippen LogP contribution is -2.44. The Kier molecular flexibility index (Phi) is 6.96. The largest absolute Gasteiger partial charge is 0.330 e. The highest BCUT2D eigenvalue weighted by Gasteiger charge is 2.16. The molecule has 2 aromatic carbocycles. The van der Waals surface area contributed by atoms with Crippen molar-refractivity contribution in [1.29, 1.82) is 0 Å². The summed E-state index contributed by atoms with van der Waals surface area (Å²) in [6, 6.07) is 13.5. The van der Waals surface area contributed by atoms with Crippen LogP contribution >= 0.6 is 23.8 Å². The first-order chi connectivity index (χ1) is 12.3. The third-order valence-corrected chi connectivity index (χ3v) is 5.68. The van der Waals surface area contributed by atoms with Crippen molar-refractivity contribution in [2.75, 3.05) is 11.1 Å². The van der Waals surface area contributed by atoms with Gasteiger partial charge in [-0.1, -0.05) is 41.4 Å². The molecule has 3 N–H and O–H groups in total. The summed E-state index contributed by atoms with van der Waals surface area (Å²) >= 11 is 11.0. The lowest BCUT2D eigenvalue weighted by molar-refractivity contribution is -0.121. The van der Waals surface area contributed by atoms with Gasteiger partial charge in [-0.3, -0.25) is 15.6 Å². The van der Waals surface area contributed by atoms with Gasteiger partial charge in [0.05, 0.1) is 21.4 Å². The highest BCUT2D eigenvalue weighted by molar-refractivity contribution is 7.91. The molecule has 0 aromatic heterocycles. The monoisotopic (exact) mass is 411 g/mol. The molecule has 0 radical (unpaired) electrons. The van der Waals surface area contributed by atoms with Gasteiger partial charge in [0.2, 0.25) is 5.91 Å². The Labute approximate surface area is 162 Å². The van der Waals surface area contributed by atoms with Crippen molar-refractivity contribution in [1.82, 2.24) is 10.9 Å². The molecule has 0 atom stereocenters. The predicted molar refractivity (Wildman–Crippen MR) is 107 cm³/mol. The Balaban J connectivity index is 1.80. The van der Waals surface area contributed by atoms with Crippen LogP contribution in [-0.4, -0.2) is 25.2 Å². The van der Waals surface area contributed by atoms with Gasteiger partial charge in [-0.05, 0) is 43.4 Å². The minimum Gasteiger partial charge on any atom is -0.330 e. The number of amides is 1.